The molecule has 0 bridgehead atoms. The monoisotopic (exact) mass is 233 g/mol. The maximum atomic E-state index is 11.8. The maximum absolute atomic E-state index is 11.8. The van der Waals surface area contributed by atoms with E-state index in [0.29, 0.717) is 6.42 Å². The summed E-state index contributed by atoms with van der Waals surface area (Å²) < 4.78 is 0. The number of nitrogens with two attached hydrogens (primary N) is 1. The quantitative estimate of drug-likeness (QED) is 0.828. The van der Waals surface area contributed by atoms with E-state index in [1.165, 1.54) is 0 Å². The van der Waals surface area contributed by atoms with Crippen LogP contribution in [0.25, 0.3) is 0 Å². The minimum Gasteiger partial charge on any atom is -0.349 e. The van der Waals surface area contributed by atoms with Crippen LogP contribution < -0.4 is 11.1 Å². The first-order valence-corrected chi connectivity index (χ1v) is 6.07. The molecule has 1 heterocycles. The average molecular weight is 233 g/mol. The normalized spacial score (nSPS) is 19.2. The van der Waals surface area contributed by atoms with E-state index in [1.54, 1.807) is 12.4 Å². The molecule has 4 nitrogen and oxygen atoms in total. The van der Waals surface area contributed by atoms with Crippen molar-refractivity contribution in [3.8, 4) is 0 Å². The highest BCUT2D eigenvalue weighted by Crippen LogP contribution is 2.32. The van der Waals surface area contributed by atoms with Gasteiger partial charge < -0.3 is 11.1 Å². The van der Waals surface area contributed by atoms with Crippen LogP contribution in [-0.2, 0) is 4.79 Å². The topological polar surface area (TPSA) is 68.0 Å². The van der Waals surface area contributed by atoms with Crippen LogP contribution in [0.15, 0.2) is 24.5 Å². The van der Waals surface area contributed by atoms with Gasteiger partial charge in [0.1, 0.15) is 0 Å². The van der Waals surface area contributed by atoms with Gasteiger partial charge >= 0.3 is 0 Å². The third-order valence-electron chi connectivity index (χ3n) is 3.42. The number of carbonyl (C=O) groups excluding carboxylic acids is 1. The number of hydrogen-bond donors (Lipinski definition) is 2. The zero-order valence-corrected chi connectivity index (χ0v) is 10.1. The Balaban J connectivity index is 1.86. The Morgan fingerprint density at radius 1 is 1.65 bits per heavy atom. The second-order valence-electron chi connectivity index (χ2n) is 4.97. The summed E-state index contributed by atoms with van der Waals surface area (Å²) in [5.74, 6) is 0.0311. The number of amides is 1. The number of pyridine rings is 1. The van der Waals surface area contributed by atoms with Crippen molar-refractivity contribution in [3.05, 3.63) is 30.1 Å². The predicted molar refractivity (Wildman–Crippen MR) is 66.2 cm³/mol. The third-order valence-corrected chi connectivity index (χ3v) is 3.42. The van der Waals surface area contributed by atoms with Gasteiger partial charge in [0.05, 0.1) is 6.04 Å². The van der Waals surface area contributed by atoms with Gasteiger partial charge in [-0.15, -0.1) is 0 Å². The van der Waals surface area contributed by atoms with Gasteiger partial charge in [0.15, 0.2) is 0 Å². The van der Waals surface area contributed by atoms with Gasteiger partial charge in [-0.05, 0) is 37.8 Å². The SMILES string of the molecule is CC(NC(=O)CC1(N)CCC1)c1cccnc1. The van der Waals surface area contributed by atoms with Crippen molar-refractivity contribution in [2.75, 3.05) is 0 Å². The molecule has 0 spiro atoms. The zero-order chi connectivity index (χ0) is 12.3. The van der Waals surface area contributed by atoms with Gasteiger partial charge in [0, 0.05) is 24.4 Å². The lowest BCUT2D eigenvalue weighted by molar-refractivity contribution is -0.123. The van der Waals surface area contributed by atoms with Gasteiger partial charge in [-0.3, -0.25) is 9.78 Å². The Bertz CT molecular complexity index is 387. The fourth-order valence-corrected chi connectivity index (χ4v) is 2.14. The molecule has 0 aromatic carbocycles. The largest absolute Gasteiger partial charge is 0.349 e. The molecule has 1 unspecified atom stereocenters. The molecule has 0 radical (unpaired) electrons. The average Bonchev–Trinajstić information content (AvgIpc) is 2.28. The Hall–Kier alpha value is -1.42. The Morgan fingerprint density at radius 3 is 2.94 bits per heavy atom. The van der Waals surface area contributed by atoms with Crippen LogP contribution in [0.4, 0.5) is 0 Å². The maximum Gasteiger partial charge on any atom is 0.222 e. The molecule has 1 aliphatic carbocycles. The summed E-state index contributed by atoms with van der Waals surface area (Å²) in [5.41, 5.74) is 6.81. The van der Waals surface area contributed by atoms with Crippen molar-refractivity contribution in [1.82, 2.24) is 10.3 Å². The first-order chi connectivity index (χ1) is 8.09. The smallest absolute Gasteiger partial charge is 0.222 e. The molecule has 0 saturated heterocycles. The van der Waals surface area contributed by atoms with Crippen molar-refractivity contribution in [1.29, 1.82) is 0 Å². The van der Waals surface area contributed by atoms with Crippen LogP contribution in [0.1, 0.15) is 44.2 Å². The Morgan fingerprint density at radius 2 is 2.41 bits per heavy atom. The molecule has 1 atom stereocenters. The number of rotatable bonds is 4. The van der Waals surface area contributed by atoms with E-state index < -0.39 is 0 Å². The molecule has 17 heavy (non-hydrogen) atoms. The van der Waals surface area contributed by atoms with Crippen molar-refractivity contribution in [2.24, 2.45) is 5.73 Å². The standard InChI is InChI=1S/C13H19N3O/c1-10(11-4-2-7-15-9-11)16-12(17)8-13(14)5-3-6-13/h2,4,7,9-10H,3,5-6,8,14H2,1H3,(H,16,17). The van der Waals surface area contributed by atoms with Crippen molar-refractivity contribution >= 4 is 5.91 Å². The molecule has 4 heteroatoms. The highest BCUT2D eigenvalue weighted by molar-refractivity contribution is 5.77. The fraction of sp³-hybridized carbons (Fsp3) is 0.538. The molecule has 92 valence electrons. The molecule has 1 aliphatic rings. The molecule has 1 amide bonds. The first kappa shape index (κ1) is 12.0. The minimum atomic E-state index is -0.251. The van der Waals surface area contributed by atoms with Crippen LogP contribution in [0, 0.1) is 0 Å². The number of nitrogens with zero attached hydrogens (tertiary/aromatic N) is 1. The van der Waals surface area contributed by atoms with Crippen molar-refractivity contribution in [2.45, 2.75) is 44.2 Å². The summed E-state index contributed by atoms with van der Waals surface area (Å²) in [7, 11) is 0. The fourth-order valence-electron chi connectivity index (χ4n) is 2.14. The van der Waals surface area contributed by atoms with E-state index in [0.717, 1.165) is 24.8 Å². The highest BCUT2D eigenvalue weighted by atomic mass is 16.1. The van der Waals surface area contributed by atoms with Gasteiger partial charge in [0.25, 0.3) is 0 Å². The van der Waals surface area contributed by atoms with Crippen molar-refractivity contribution in [3.63, 3.8) is 0 Å². The van der Waals surface area contributed by atoms with E-state index in [9.17, 15) is 4.79 Å². The van der Waals surface area contributed by atoms with Crippen LogP contribution in [0.2, 0.25) is 0 Å². The number of aromatic nitrogens is 1. The van der Waals surface area contributed by atoms with Crippen LogP contribution >= 0.6 is 0 Å². The van der Waals surface area contributed by atoms with E-state index in [1.807, 2.05) is 19.1 Å². The molecule has 1 fully saturated rings. The minimum absolute atomic E-state index is 0.0140. The van der Waals surface area contributed by atoms with E-state index in [2.05, 4.69) is 10.3 Å². The predicted octanol–water partition coefficient (Wildman–Crippen LogP) is 1.53. The van der Waals surface area contributed by atoms with Crippen LogP contribution in [-0.4, -0.2) is 16.4 Å². The third kappa shape index (κ3) is 3.03. The summed E-state index contributed by atoms with van der Waals surface area (Å²) in [6.45, 7) is 1.96. The van der Waals surface area contributed by atoms with Gasteiger partial charge in [-0.2, -0.15) is 0 Å². The Kier molecular flexibility index (Phi) is 3.43. The first-order valence-electron chi connectivity index (χ1n) is 6.07. The molecular weight excluding hydrogens is 214 g/mol. The van der Waals surface area contributed by atoms with E-state index in [4.69, 9.17) is 5.73 Å². The molecular formula is C13H19N3O. The van der Waals surface area contributed by atoms with Crippen LogP contribution in [0.3, 0.4) is 0 Å². The second-order valence-corrected chi connectivity index (χ2v) is 4.97. The Labute approximate surface area is 102 Å². The second kappa shape index (κ2) is 4.84. The molecule has 1 saturated carbocycles. The number of hydrogen-bond acceptors (Lipinski definition) is 3. The van der Waals surface area contributed by atoms with Crippen LogP contribution in [0.5, 0.6) is 0 Å². The van der Waals surface area contributed by atoms with Gasteiger partial charge in [-0.25, -0.2) is 0 Å². The molecule has 1 aromatic heterocycles. The summed E-state index contributed by atoms with van der Waals surface area (Å²) in [6, 6.07) is 3.81. The van der Waals surface area contributed by atoms with E-state index >= 15 is 0 Å². The summed E-state index contributed by atoms with van der Waals surface area (Å²) in [4.78, 5) is 15.9. The molecule has 3 N–H and O–H groups in total. The summed E-state index contributed by atoms with van der Waals surface area (Å²) in [6.07, 6.45) is 6.98. The summed E-state index contributed by atoms with van der Waals surface area (Å²) in [5, 5.41) is 2.96. The van der Waals surface area contributed by atoms with Crippen molar-refractivity contribution < 1.29 is 4.79 Å². The van der Waals surface area contributed by atoms with E-state index in [-0.39, 0.29) is 17.5 Å². The highest BCUT2D eigenvalue weighted by Gasteiger charge is 2.34. The zero-order valence-electron chi connectivity index (χ0n) is 10.1. The number of carbonyl (C=O) groups is 1. The number of nitrogens with one attached hydrogen (secondary N) is 1. The van der Waals surface area contributed by atoms with Gasteiger partial charge in [0.2, 0.25) is 5.91 Å². The lowest BCUT2D eigenvalue weighted by atomic mass is 9.75. The lowest BCUT2D eigenvalue weighted by Crippen LogP contribution is -2.50. The lowest BCUT2D eigenvalue weighted by Gasteiger charge is -2.37. The summed E-state index contributed by atoms with van der Waals surface area (Å²) >= 11 is 0. The molecule has 0 aliphatic heterocycles. The van der Waals surface area contributed by atoms with Gasteiger partial charge in [-0.1, -0.05) is 6.07 Å². The molecule has 2 rings (SSSR count). The molecule has 1 aromatic rings.